The lowest BCUT2D eigenvalue weighted by molar-refractivity contribution is -0.145. The van der Waals surface area contributed by atoms with Crippen LogP contribution < -0.4 is 10.7 Å². The van der Waals surface area contributed by atoms with Crippen LogP contribution in [0.3, 0.4) is 0 Å². The van der Waals surface area contributed by atoms with Crippen LogP contribution in [0.2, 0.25) is 0 Å². The number of esters is 1. The van der Waals surface area contributed by atoms with Crippen LogP contribution in [0, 0.1) is 5.92 Å². The monoisotopic (exact) mass is 426 g/mol. The van der Waals surface area contributed by atoms with Gasteiger partial charge in [0.05, 0.1) is 17.7 Å². The Morgan fingerprint density at radius 2 is 1.87 bits per heavy atom. The Bertz CT molecular complexity index is 996. The fourth-order valence-corrected chi connectivity index (χ4v) is 3.15. The van der Waals surface area contributed by atoms with Crippen LogP contribution in [0.1, 0.15) is 50.0 Å². The molecule has 1 N–H and O–H groups in total. The number of ether oxygens (including phenoxy) is 1. The highest BCUT2D eigenvalue weighted by molar-refractivity contribution is 5.99. The number of amides is 1. The highest BCUT2D eigenvalue weighted by atomic mass is 19.4. The van der Waals surface area contributed by atoms with Crippen molar-refractivity contribution in [2.75, 3.05) is 6.61 Å². The van der Waals surface area contributed by atoms with Crippen LogP contribution in [-0.4, -0.2) is 29.1 Å². The second kappa shape index (κ2) is 9.32. The number of aromatic nitrogens is 1. The van der Waals surface area contributed by atoms with Gasteiger partial charge in [-0.2, -0.15) is 13.2 Å². The number of nitrogens with one attached hydrogen (secondary N) is 1. The van der Waals surface area contributed by atoms with Gasteiger partial charge in [-0.3, -0.25) is 9.59 Å². The molecule has 1 atom stereocenters. The van der Waals surface area contributed by atoms with E-state index in [0.29, 0.717) is 6.42 Å². The number of halogens is 3. The Labute approximate surface area is 172 Å². The smallest absolute Gasteiger partial charge is 0.416 e. The minimum absolute atomic E-state index is 0.00551. The second-order valence-electron chi connectivity index (χ2n) is 7.30. The first-order valence-electron chi connectivity index (χ1n) is 9.71. The zero-order valence-corrected chi connectivity index (χ0v) is 17.3. The lowest BCUT2D eigenvalue weighted by Crippen LogP contribution is -2.44. The lowest BCUT2D eigenvalue weighted by atomic mass is 10.0. The summed E-state index contributed by atoms with van der Waals surface area (Å²) in [6, 6.07) is 1.84. The van der Waals surface area contributed by atoms with Crippen molar-refractivity contribution in [3.05, 3.63) is 45.7 Å². The molecule has 1 heterocycles. The predicted molar refractivity (Wildman–Crippen MR) is 106 cm³/mol. The fourth-order valence-electron chi connectivity index (χ4n) is 3.15. The minimum atomic E-state index is -4.55. The lowest BCUT2D eigenvalue weighted by Gasteiger charge is -2.19. The number of pyridine rings is 1. The molecule has 0 unspecified atom stereocenters. The third kappa shape index (κ3) is 5.20. The van der Waals surface area contributed by atoms with Gasteiger partial charge in [0.15, 0.2) is 0 Å². The molecule has 0 aliphatic heterocycles. The summed E-state index contributed by atoms with van der Waals surface area (Å²) in [4.78, 5) is 37.8. The van der Waals surface area contributed by atoms with E-state index in [1.54, 1.807) is 13.8 Å². The molecular weight excluding hydrogens is 401 g/mol. The van der Waals surface area contributed by atoms with E-state index in [1.807, 2.05) is 13.8 Å². The van der Waals surface area contributed by atoms with Crippen LogP contribution >= 0.6 is 0 Å². The highest BCUT2D eigenvalue weighted by Crippen LogP contribution is 2.31. The highest BCUT2D eigenvalue weighted by Gasteiger charge is 2.31. The Morgan fingerprint density at radius 3 is 2.40 bits per heavy atom. The Morgan fingerprint density at radius 1 is 1.20 bits per heavy atom. The summed E-state index contributed by atoms with van der Waals surface area (Å²) in [6.07, 6.45) is -3.02. The molecule has 1 aromatic heterocycles. The Balaban J connectivity index is 2.50. The van der Waals surface area contributed by atoms with Gasteiger partial charge in [0.1, 0.15) is 11.6 Å². The molecule has 0 spiro atoms. The SMILES string of the molecule is CCOC(=O)[C@H](CC(C)C)NC(=O)c1cn(CC)c2cc(C(F)(F)F)ccc2c1=O. The predicted octanol–water partition coefficient (Wildman–Crippen LogP) is 3.75. The maximum Gasteiger partial charge on any atom is 0.416 e. The van der Waals surface area contributed by atoms with Crippen LogP contribution in [-0.2, 0) is 22.3 Å². The van der Waals surface area contributed by atoms with Crippen LogP contribution in [0.5, 0.6) is 0 Å². The molecule has 0 saturated carbocycles. The number of carbonyl (C=O) groups excluding carboxylic acids is 2. The summed E-state index contributed by atoms with van der Waals surface area (Å²) < 4.78 is 45.5. The quantitative estimate of drug-likeness (QED) is 0.684. The average Bonchev–Trinajstić information content (AvgIpc) is 2.66. The summed E-state index contributed by atoms with van der Waals surface area (Å²) in [7, 11) is 0. The van der Waals surface area contributed by atoms with Crippen LogP contribution in [0.25, 0.3) is 10.9 Å². The zero-order valence-electron chi connectivity index (χ0n) is 17.3. The van der Waals surface area contributed by atoms with E-state index < -0.39 is 35.1 Å². The van der Waals surface area contributed by atoms with Crippen molar-refractivity contribution < 1.29 is 27.5 Å². The molecule has 0 aliphatic carbocycles. The summed E-state index contributed by atoms with van der Waals surface area (Å²) in [6.45, 7) is 7.46. The van der Waals surface area contributed by atoms with Gasteiger partial charge in [-0.25, -0.2) is 4.79 Å². The van der Waals surface area contributed by atoms with Gasteiger partial charge in [-0.05, 0) is 44.4 Å². The fraction of sp³-hybridized carbons (Fsp3) is 0.476. The van der Waals surface area contributed by atoms with Crippen molar-refractivity contribution in [2.24, 2.45) is 5.92 Å². The van der Waals surface area contributed by atoms with E-state index in [-0.39, 0.29) is 35.5 Å². The molecule has 0 saturated heterocycles. The first kappa shape index (κ1) is 23.4. The Hall–Kier alpha value is -2.84. The Kier molecular flexibility index (Phi) is 7.28. The van der Waals surface area contributed by atoms with Gasteiger partial charge < -0.3 is 14.6 Å². The van der Waals surface area contributed by atoms with Crippen molar-refractivity contribution in [2.45, 2.75) is 52.9 Å². The standard InChI is InChI=1S/C21H25F3N2O4/c1-5-26-11-15(19(28)25-16(9-12(3)4)20(29)30-6-2)18(27)14-8-7-13(10-17(14)26)21(22,23)24/h7-8,10-12,16H,5-6,9H2,1-4H3,(H,25,28)/t16-/m0/s1. The summed E-state index contributed by atoms with van der Waals surface area (Å²) in [5.74, 6) is -1.31. The molecular formula is C21H25F3N2O4. The van der Waals surface area contributed by atoms with Gasteiger partial charge in [0.2, 0.25) is 5.43 Å². The van der Waals surface area contributed by atoms with Gasteiger partial charge in [0, 0.05) is 18.1 Å². The van der Waals surface area contributed by atoms with Crippen LogP contribution in [0.15, 0.2) is 29.2 Å². The van der Waals surface area contributed by atoms with Crippen LogP contribution in [0.4, 0.5) is 13.2 Å². The number of benzene rings is 1. The second-order valence-corrected chi connectivity index (χ2v) is 7.30. The molecule has 30 heavy (non-hydrogen) atoms. The van der Waals surface area contributed by atoms with Gasteiger partial charge in [0.25, 0.3) is 5.91 Å². The molecule has 2 rings (SSSR count). The summed E-state index contributed by atoms with van der Waals surface area (Å²) in [5.41, 5.74) is -1.75. The normalized spacial score (nSPS) is 12.8. The van der Waals surface area contributed by atoms with Crippen molar-refractivity contribution in [1.82, 2.24) is 9.88 Å². The zero-order chi connectivity index (χ0) is 22.6. The van der Waals surface area contributed by atoms with E-state index in [9.17, 15) is 27.6 Å². The maximum atomic E-state index is 13.1. The van der Waals surface area contributed by atoms with E-state index in [1.165, 1.54) is 10.8 Å². The van der Waals surface area contributed by atoms with Crippen molar-refractivity contribution >= 4 is 22.8 Å². The summed E-state index contributed by atoms with van der Waals surface area (Å²) >= 11 is 0. The van der Waals surface area contributed by atoms with Crippen molar-refractivity contribution in [3.63, 3.8) is 0 Å². The molecule has 0 radical (unpaired) electrons. The molecule has 0 aliphatic rings. The molecule has 2 aromatic rings. The molecule has 1 amide bonds. The number of carbonyl (C=O) groups is 2. The van der Waals surface area contributed by atoms with E-state index >= 15 is 0 Å². The number of aryl methyl sites for hydroxylation is 1. The third-order valence-corrected chi connectivity index (χ3v) is 4.58. The number of rotatable bonds is 7. The van der Waals surface area contributed by atoms with Gasteiger partial charge >= 0.3 is 12.1 Å². The summed E-state index contributed by atoms with van der Waals surface area (Å²) in [5, 5.41) is 2.53. The molecule has 0 bridgehead atoms. The van der Waals surface area contributed by atoms with E-state index in [2.05, 4.69) is 5.32 Å². The first-order chi connectivity index (χ1) is 14.0. The largest absolute Gasteiger partial charge is 0.464 e. The molecule has 0 fully saturated rings. The molecule has 1 aromatic carbocycles. The number of fused-ring (bicyclic) bond motifs is 1. The van der Waals surface area contributed by atoms with Gasteiger partial charge in [-0.1, -0.05) is 13.8 Å². The third-order valence-electron chi connectivity index (χ3n) is 4.58. The van der Waals surface area contributed by atoms with E-state index in [4.69, 9.17) is 4.74 Å². The average molecular weight is 426 g/mol. The topological polar surface area (TPSA) is 77.4 Å². The molecule has 164 valence electrons. The molecule has 6 nitrogen and oxygen atoms in total. The molecule has 9 heteroatoms. The van der Waals surface area contributed by atoms with E-state index in [0.717, 1.165) is 18.2 Å². The first-order valence-corrected chi connectivity index (χ1v) is 9.71. The number of nitrogens with zero attached hydrogens (tertiary/aromatic N) is 1. The maximum absolute atomic E-state index is 13.1. The number of hydrogen-bond acceptors (Lipinski definition) is 4. The minimum Gasteiger partial charge on any atom is -0.464 e. The number of hydrogen-bond donors (Lipinski definition) is 1. The number of alkyl halides is 3. The van der Waals surface area contributed by atoms with Crippen molar-refractivity contribution in [3.8, 4) is 0 Å². The van der Waals surface area contributed by atoms with Gasteiger partial charge in [-0.15, -0.1) is 0 Å². The van der Waals surface area contributed by atoms with Crippen molar-refractivity contribution in [1.29, 1.82) is 0 Å².